The first-order valence-corrected chi connectivity index (χ1v) is 10.5. The number of Topliss-reactive ketones (excluding diaryl/α,β-unsaturated/α-hetero) is 1. The number of methoxy groups -OCH3 is 1. The molecular formula is C23H21N2O6S. The minimum Gasteiger partial charge on any atom is -0.481 e. The van der Waals surface area contributed by atoms with E-state index in [0.29, 0.717) is 22.7 Å². The second kappa shape index (κ2) is 10.5. The molecule has 9 heteroatoms. The maximum Gasteiger partial charge on any atom is 0.338 e. The van der Waals surface area contributed by atoms with Crippen molar-refractivity contribution in [3.63, 3.8) is 0 Å². The van der Waals surface area contributed by atoms with E-state index in [9.17, 15) is 14.4 Å². The summed E-state index contributed by atoms with van der Waals surface area (Å²) < 4.78 is 15.6. The monoisotopic (exact) mass is 453 g/mol. The molecule has 165 valence electrons. The van der Waals surface area contributed by atoms with Gasteiger partial charge in [0.1, 0.15) is 4.88 Å². The molecule has 2 aromatic heterocycles. The van der Waals surface area contributed by atoms with E-state index in [1.165, 1.54) is 19.4 Å². The van der Waals surface area contributed by atoms with Gasteiger partial charge in [-0.05, 0) is 42.6 Å². The predicted octanol–water partition coefficient (Wildman–Crippen LogP) is 4.10. The highest BCUT2D eigenvalue weighted by atomic mass is 32.1. The fourth-order valence-electron chi connectivity index (χ4n) is 2.83. The number of hydrogen-bond acceptors (Lipinski definition) is 9. The Morgan fingerprint density at radius 2 is 2.00 bits per heavy atom. The van der Waals surface area contributed by atoms with Gasteiger partial charge in [-0.15, -0.1) is 11.3 Å². The van der Waals surface area contributed by atoms with E-state index in [2.05, 4.69) is 17.2 Å². The third-order valence-electron chi connectivity index (χ3n) is 4.32. The average molecular weight is 453 g/mol. The lowest BCUT2D eigenvalue weighted by Crippen LogP contribution is -2.26. The Bertz CT molecular complexity index is 1110. The van der Waals surface area contributed by atoms with Gasteiger partial charge in [-0.1, -0.05) is 6.07 Å². The number of benzene rings is 1. The Labute approximate surface area is 189 Å². The summed E-state index contributed by atoms with van der Waals surface area (Å²) in [6.07, 6.45) is 1.48. The number of rotatable bonds is 9. The molecule has 0 amide bonds. The number of pyridine rings is 1. The van der Waals surface area contributed by atoms with Gasteiger partial charge in [-0.25, -0.2) is 14.6 Å². The van der Waals surface area contributed by atoms with Gasteiger partial charge in [0, 0.05) is 30.4 Å². The fraction of sp³-hybridized carbons (Fsp3) is 0.174. The molecule has 0 bridgehead atoms. The molecular weight excluding hydrogens is 432 g/mol. The highest BCUT2D eigenvalue weighted by Crippen LogP contribution is 2.29. The van der Waals surface area contributed by atoms with Crippen LogP contribution in [0.1, 0.15) is 38.6 Å². The van der Waals surface area contributed by atoms with Crippen LogP contribution < -0.4 is 14.8 Å². The lowest BCUT2D eigenvalue weighted by Gasteiger charge is -2.19. The first kappa shape index (κ1) is 23.0. The van der Waals surface area contributed by atoms with Crippen LogP contribution in [0.4, 0.5) is 5.69 Å². The van der Waals surface area contributed by atoms with Crippen LogP contribution in [0.5, 0.6) is 11.6 Å². The summed E-state index contributed by atoms with van der Waals surface area (Å²) in [6, 6.07) is 10.4. The molecule has 0 fully saturated rings. The van der Waals surface area contributed by atoms with Gasteiger partial charge in [-0.2, -0.15) is 0 Å². The van der Waals surface area contributed by atoms with E-state index in [1.807, 2.05) is 0 Å². The van der Waals surface area contributed by atoms with Crippen molar-refractivity contribution in [3.8, 4) is 11.6 Å². The molecule has 0 aliphatic carbocycles. The fourth-order valence-corrected chi connectivity index (χ4v) is 3.51. The number of aromatic nitrogens is 1. The van der Waals surface area contributed by atoms with Crippen molar-refractivity contribution in [1.82, 2.24) is 4.98 Å². The minimum atomic E-state index is -0.987. The largest absolute Gasteiger partial charge is 0.481 e. The molecule has 1 unspecified atom stereocenters. The second-order valence-corrected chi connectivity index (χ2v) is 7.39. The van der Waals surface area contributed by atoms with Crippen molar-refractivity contribution in [1.29, 1.82) is 0 Å². The maximum atomic E-state index is 13.1. The summed E-state index contributed by atoms with van der Waals surface area (Å²) in [7, 11) is 1.49. The average Bonchev–Trinajstić information content (AvgIpc) is 3.26. The van der Waals surface area contributed by atoms with Crippen LogP contribution in [-0.4, -0.2) is 36.4 Å². The van der Waals surface area contributed by atoms with E-state index in [4.69, 9.17) is 14.2 Å². The topological polar surface area (TPSA) is 104 Å². The summed E-state index contributed by atoms with van der Waals surface area (Å²) in [5, 5.41) is 4.71. The number of nitrogens with one attached hydrogen (secondary N) is 1. The Kier molecular flexibility index (Phi) is 7.56. The van der Waals surface area contributed by atoms with Crippen LogP contribution in [0.15, 0.2) is 54.0 Å². The molecule has 8 nitrogen and oxygen atoms in total. The predicted molar refractivity (Wildman–Crippen MR) is 119 cm³/mol. The molecule has 0 spiro atoms. The molecule has 0 saturated carbocycles. The summed E-state index contributed by atoms with van der Waals surface area (Å²) in [6.45, 7) is 5.34. The Balaban J connectivity index is 1.91. The van der Waals surface area contributed by atoms with Crippen LogP contribution in [0.3, 0.4) is 0 Å². The highest BCUT2D eigenvalue weighted by molar-refractivity contribution is 7.12. The number of anilines is 1. The summed E-state index contributed by atoms with van der Waals surface area (Å²) in [5.41, 5.74) is 1.32. The molecule has 1 aromatic carbocycles. The van der Waals surface area contributed by atoms with Crippen LogP contribution in [0.25, 0.3) is 0 Å². The zero-order valence-electron chi connectivity index (χ0n) is 17.5. The second-order valence-electron chi connectivity index (χ2n) is 6.47. The van der Waals surface area contributed by atoms with Gasteiger partial charge in [0.05, 0.1) is 19.3 Å². The van der Waals surface area contributed by atoms with Crippen molar-refractivity contribution in [2.45, 2.75) is 13.0 Å². The molecule has 0 aliphatic rings. The third kappa shape index (κ3) is 5.50. The number of hydrogen-bond donors (Lipinski definition) is 1. The molecule has 1 N–H and O–H groups in total. The normalized spacial score (nSPS) is 11.3. The van der Waals surface area contributed by atoms with Crippen LogP contribution in [-0.2, 0) is 9.53 Å². The van der Waals surface area contributed by atoms with Gasteiger partial charge in [-0.3, -0.25) is 4.79 Å². The molecule has 3 rings (SSSR count). The quantitative estimate of drug-likeness (QED) is 0.381. The van der Waals surface area contributed by atoms with Crippen LogP contribution in [0.2, 0.25) is 0 Å². The van der Waals surface area contributed by atoms with E-state index < -0.39 is 23.8 Å². The number of thiophene rings is 1. The SMILES string of the molecule is [CH2]C(=O)c1sccc1OC(=O)C(Nc1cccc(C(=O)OCC)c1)c1ccc(OC)nc1. The van der Waals surface area contributed by atoms with E-state index in [0.717, 1.165) is 11.3 Å². The van der Waals surface area contributed by atoms with E-state index in [-0.39, 0.29) is 17.2 Å². The first-order chi connectivity index (χ1) is 15.4. The molecule has 0 saturated heterocycles. The number of nitrogens with zero attached hydrogens (tertiary/aromatic N) is 1. The maximum absolute atomic E-state index is 13.1. The van der Waals surface area contributed by atoms with Crippen molar-refractivity contribution in [2.75, 3.05) is 19.0 Å². The number of carbonyl (C=O) groups is 3. The van der Waals surface area contributed by atoms with Crippen LogP contribution in [0, 0.1) is 6.92 Å². The standard InChI is InChI=1S/C23H21N2O6S/c1-4-30-22(27)15-6-5-7-17(12-15)25-20(16-8-9-19(29-3)24-13-16)23(28)31-18-10-11-32-21(18)14(2)26/h5-13,20,25H,2,4H2,1,3H3. The van der Waals surface area contributed by atoms with Crippen molar-refractivity contribution in [3.05, 3.63) is 77.0 Å². The zero-order chi connectivity index (χ0) is 23.1. The summed E-state index contributed by atoms with van der Waals surface area (Å²) in [4.78, 5) is 41.3. The van der Waals surface area contributed by atoms with Crippen molar-refractivity contribution >= 4 is 34.7 Å². The number of esters is 2. The lowest BCUT2D eigenvalue weighted by molar-refractivity contribution is -0.135. The van der Waals surface area contributed by atoms with Crippen molar-refractivity contribution < 1.29 is 28.6 Å². The number of ketones is 1. The van der Waals surface area contributed by atoms with Gasteiger partial charge in [0.2, 0.25) is 5.88 Å². The molecule has 2 heterocycles. The van der Waals surface area contributed by atoms with E-state index in [1.54, 1.807) is 48.7 Å². The Morgan fingerprint density at radius 3 is 2.66 bits per heavy atom. The van der Waals surface area contributed by atoms with E-state index >= 15 is 0 Å². The lowest BCUT2D eigenvalue weighted by atomic mass is 10.1. The van der Waals surface area contributed by atoms with Gasteiger partial charge >= 0.3 is 11.9 Å². The molecule has 32 heavy (non-hydrogen) atoms. The van der Waals surface area contributed by atoms with Gasteiger partial charge < -0.3 is 19.5 Å². The smallest absolute Gasteiger partial charge is 0.338 e. The molecule has 1 radical (unpaired) electrons. The van der Waals surface area contributed by atoms with Crippen LogP contribution >= 0.6 is 11.3 Å². The van der Waals surface area contributed by atoms with Gasteiger partial charge in [0.15, 0.2) is 17.6 Å². The molecule has 1 atom stereocenters. The molecule has 3 aromatic rings. The van der Waals surface area contributed by atoms with Gasteiger partial charge in [0.25, 0.3) is 0 Å². The summed E-state index contributed by atoms with van der Waals surface area (Å²) >= 11 is 1.14. The first-order valence-electron chi connectivity index (χ1n) is 9.62. The zero-order valence-corrected chi connectivity index (χ0v) is 18.3. The highest BCUT2D eigenvalue weighted by Gasteiger charge is 2.26. The molecule has 0 aliphatic heterocycles. The minimum absolute atomic E-state index is 0.133. The summed E-state index contributed by atoms with van der Waals surface area (Å²) in [5.74, 6) is -1.07. The van der Waals surface area contributed by atoms with Crippen molar-refractivity contribution in [2.24, 2.45) is 0 Å². The Hall–Kier alpha value is -3.72. The number of ether oxygens (including phenoxy) is 3. The Morgan fingerprint density at radius 1 is 1.19 bits per heavy atom. The number of carbonyl (C=O) groups excluding carboxylic acids is 3. The third-order valence-corrected chi connectivity index (χ3v) is 5.25.